The van der Waals surface area contributed by atoms with Crippen molar-refractivity contribution in [2.75, 3.05) is 19.7 Å². The lowest BCUT2D eigenvalue weighted by Crippen LogP contribution is -2.54. The van der Waals surface area contributed by atoms with Crippen molar-refractivity contribution in [2.24, 2.45) is 5.92 Å². The first-order valence-corrected chi connectivity index (χ1v) is 10.2. The minimum Gasteiger partial charge on any atom is -0.493 e. The number of amides is 4. The fourth-order valence-electron chi connectivity index (χ4n) is 4.33. The normalized spacial score (nSPS) is 22.6. The molecule has 29 heavy (non-hydrogen) atoms. The molecule has 3 heterocycles. The van der Waals surface area contributed by atoms with Crippen LogP contribution < -0.4 is 15.4 Å². The molecule has 0 saturated carbocycles. The van der Waals surface area contributed by atoms with Gasteiger partial charge in [-0.1, -0.05) is 6.07 Å². The molecule has 2 N–H and O–H groups in total. The van der Waals surface area contributed by atoms with Gasteiger partial charge in [0.2, 0.25) is 11.8 Å². The molecule has 154 valence electrons. The van der Waals surface area contributed by atoms with E-state index in [1.54, 1.807) is 18.2 Å². The van der Waals surface area contributed by atoms with Crippen LogP contribution in [0, 0.1) is 5.92 Å². The van der Waals surface area contributed by atoms with Crippen molar-refractivity contribution in [3.63, 3.8) is 0 Å². The Morgan fingerprint density at radius 3 is 2.59 bits per heavy atom. The number of nitrogens with zero attached hydrogens (tertiary/aromatic N) is 1. The van der Waals surface area contributed by atoms with Crippen LogP contribution in [0.4, 0.5) is 0 Å². The zero-order chi connectivity index (χ0) is 20.4. The van der Waals surface area contributed by atoms with Crippen molar-refractivity contribution in [2.45, 2.75) is 44.6 Å². The summed E-state index contributed by atoms with van der Waals surface area (Å²) < 4.78 is 5.87. The maximum atomic E-state index is 13.0. The summed E-state index contributed by atoms with van der Waals surface area (Å²) >= 11 is 0. The zero-order valence-electron chi connectivity index (χ0n) is 16.2. The third-order valence-electron chi connectivity index (χ3n) is 5.90. The summed E-state index contributed by atoms with van der Waals surface area (Å²) in [5.41, 5.74) is 0.458. The maximum absolute atomic E-state index is 13.0. The Kier molecular flexibility index (Phi) is 5.62. The number of piperidine rings is 2. The fraction of sp³-hybridized carbons (Fsp3) is 0.524. The molecule has 2 saturated heterocycles. The second-order valence-electron chi connectivity index (χ2n) is 7.81. The van der Waals surface area contributed by atoms with E-state index in [1.807, 2.05) is 0 Å². The zero-order valence-corrected chi connectivity index (χ0v) is 16.2. The van der Waals surface area contributed by atoms with Gasteiger partial charge < -0.3 is 10.1 Å². The van der Waals surface area contributed by atoms with E-state index in [0.29, 0.717) is 18.3 Å². The standard InChI is InChI=1S/C21H25N3O5/c25-17-7-6-15(19(26)23-17)24-20(27)14-4-1-5-16(18(14)21(24)28)29-12-2-3-13-8-10-22-11-9-13/h1,4-5,13,15,22H,2-3,6-12H2,(H,23,25,26). The first-order chi connectivity index (χ1) is 14.1. The highest BCUT2D eigenvalue weighted by Crippen LogP contribution is 2.33. The number of ether oxygens (including phenoxy) is 1. The minimum absolute atomic E-state index is 0.101. The average Bonchev–Trinajstić information content (AvgIpc) is 2.98. The number of hydrogen-bond acceptors (Lipinski definition) is 6. The van der Waals surface area contributed by atoms with Crippen LogP contribution in [0.25, 0.3) is 0 Å². The molecular formula is C21H25N3O5. The van der Waals surface area contributed by atoms with Gasteiger partial charge in [0.25, 0.3) is 11.8 Å². The first kappa shape index (κ1) is 19.6. The van der Waals surface area contributed by atoms with Gasteiger partial charge in [-0.05, 0) is 63.2 Å². The van der Waals surface area contributed by atoms with Gasteiger partial charge >= 0.3 is 0 Å². The number of benzene rings is 1. The number of fused-ring (bicyclic) bond motifs is 1. The Balaban J connectivity index is 1.43. The molecule has 0 spiro atoms. The van der Waals surface area contributed by atoms with Gasteiger partial charge in [-0.15, -0.1) is 0 Å². The number of carbonyl (C=O) groups excluding carboxylic acids is 4. The van der Waals surface area contributed by atoms with Gasteiger partial charge in [0.1, 0.15) is 11.8 Å². The van der Waals surface area contributed by atoms with Gasteiger partial charge in [0, 0.05) is 6.42 Å². The van der Waals surface area contributed by atoms with Crippen molar-refractivity contribution in [3.05, 3.63) is 29.3 Å². The van der Waals surface area contributed by atoms with E-state index >= 15 is 0 Å². The molecule has 3 aliphatic rings. The highest BCUT2D eigenvalue weighted by molar-refractivity contribution is 6.24. The van der Waals surface area contributed by atoms with Gasteiger partial charge in [0.05, 0.1) is 17.7 Å². The summed E-state index contributed by atoms with van der Waals surface area (Å²) in [6.07, 6.45) is 4.55. The van der Waals surface area contributed by atoms with Crippen LogP contribution in [0.15, 0.2) is 18.2 Å². The lowest BCUT2D eigenvalue weighted by molar-refractivity contribution is -0.136. The quantitative estimate of drug-likeness (QED) is 0.551. The van der Waals surface area contributed by atoms with Crippen molar-refractivity contribution >= 4 is 23.6 Å². The van der Waals surface area contributed by atoms with Crippen molar-refractivity contribution in [1.29, 1.82) is 0 Å². The SMILES string of the molecule is O=C1CCC(N2C(=O)c3cccc(OCCCC4CCNCC4)c3C2=O)C(=O)N1. The van der Waals surface area contributed by atoms with Crippen LogP contribution in [0.3, 0.4) is 0 Å². The molecule has 1 atom stereocenters. The van der Waals surface area contributed by atoms with E-state index in [0.717, 1.165) is 30.8 Å². The van der Waals surface area contributed by atoms with Gasteiger partial charge in [-0.2, -0.15) is 0 Å². The van der Waals surface area contributed by atoms with Gasteiger partial charge in [-0.25, -0.2) is 0 Å². The first-order valence-electron chi connectivity index (χ1n) is 10.2. The van der Waals surface area contributed by atoms with Crippen LogP contribution >= 0.6 is 0 Å². The predicted molar refractivity (Wildman–Crippen MR) is 103 cm³/mol. The Morgan fingerprint density at radius 2 is 1.83 bits per heavy atom. The fourth-order valence-corrected chi connectivity index (χ4v) is 4.33. The monoisotopic (exact) mass is 399 g/mol. The smallest absolute Gasteiger partial charge is 0.266 e. The third kappa shape index (κ3) is 3.89. The Hall–Kier alpha value is -2.74. The van der Waals surface area contributed by atoms with E-state index < -0.39 is 23.8 Å². The van der Waals surface area contributed by atoms with E-state index in [-0.39, 0.29) is 29.9 Å². The molecule has 0 aliphatic carbocycles. The van der Waals surface area contributed by atoms with Crippen LogP contribution in [0.1, 0.15) is 59.2 Å². The summed E-state index contributed by atoms with van der Waals surface area (Å²) in [7, 11) is 0. The van der Waals surface area contributed by atoms with E-state index in [4.69, 9.17) is 4.74 Å². The Bertz CT molecular complexity index is 847. The molecular weight excluding hydrogens is 374 g/mol. The largest absolute Gasteiger partial charge is 0.493 e. The van der Waals surface area contributed by atoms with Gasteiger partial charge in [-0.3, -0.25) is 29.4 Å². The summed E-state index contributed by atoms with van der Waals surface area (Å²) in [5.74, 6) is -0.970. The van der Waals surface area contributed by atoms with Crippen LogP contribution in [-0.4, -0.2) is 54.3 Å². The molecule has 1 aromatic carbocycles. The molecule has 0 bridgehead atoms. The second kappa shape index (κ2) is 8.32. The molecule has 4 rings (SSSR count). The highest BCUT2D eigenvalue weighted by Gasteiger charge is 2.45. The molecule has 0 radical (unpaired) electrons. The van der Waals surface area contributed by atoms with Crippen molar-refractivity contribution in [1.82, 2.24) is 15.5 Å². The lowest BCUT2D eigenvalue weighted by atomic mass is 9.93. The Labute approximate surface area is 169 Å². The van der Waals surface area contributed by atoms with Crippen molar-refractivity contribution in [3.8, 4) is 5.75 Å². The number of carbonyl (C=O) groups is 4. The average molecular weight is 399 g/mol. The summed E-state index contributed by atoms with van der Waals surface area (Å²) in [6.45, 7) is 2.59. The number of imide groups is 2. The molecule has 2 fully saturated rings. The maximum Gasteiger partial charge on any atom is 0.266 e. The van der Waals surface area contributed by atoms with Crippen LogP contribution in [-0.2, 0) is 9.59 Å². The summed E-state index contributed by atoms with van der Waals surface area (Å²) in [6, 6.07) is 3.97. The summed E-state index contributed by atoms with van der Waals surface area (Å²) in [4.78, 5) is 50.3. The molecule has 1 aromatic rings. The predicted octanol–water partition coefficient (Wildman–Crippen LogP) is 1.25. The molecule has 8 nitrogen and oxygen atoms in total. The number of hydrogen-bond donors (Lipinski definition) is 2. The van der Waals surface area contributed by atoms with Gasteiger partial charge in [0.15, 0.2) is 0 Å². The minimum atomic E-state index is -0.965. The lowest BCUT2D eigenvalue weighted by Gasteiger charge is -2.27. The topological polar surface area (TPSA) is 105 Å². The number of nitrogens with one attached hydrogen (secondary N) is 2. The molecule has 3 aliphatic heterocycles. The highest BCUT2D eigenvalue weighted by atomic mass is 16.5. The van der Waals surface area contributed by atoms with Crippen LogP contribution in [0.5, 0.6) is 5.75 Å². The third-order valence-corrected chi connectivity index (χ3v) is 5.90. The Morgan fingerprint density at radius 1 is 1.03 bits per heavy atom. The number of rotatable bonds is 6. The van der Waals surface area contributed by atoms with Crippen molar-refractivity contribution < 1.29 is 23.9 Å². The molecule has 8 heteroatoms. The van der Waals surface area contributed by atoms with Crippen LogP contribution in [0.2, 0.25) is 0 Å². The molecule has 4 amide bonds. The second-order valence-corrected chi connectivity index (χ2v) is 7.81. The molecule has 0 aromatic heterocycles. The van der Waals surface area contributed by atoms with E-state index in [9.17, 15) is 19.2 Å². The summed E-state index contributed by atoms with van der Waals surface area (Å²) in [5, 5.41) is 5.55. The van der Waals surface area contributed by atoms with E-state index in [2.05, 4.69) is 10.6 Å². The molecule has 1 unspecified atom stereocenters. The van der Waals surface area contributed by atoms with E-state index in [1.165, 1.54) is 12.8 Å².